The first-order valence-corrected chi connectivity index (χ1v) is 23.0. The second kappa shape index (κ2) is 17.8. The van der Waals surface area contributed by atoms with Gasteiger partial charge in [-0.25, -0.2) is 19.6 Å². The number of benzene rings is 3. The van der Waals surface area contributed by atoms with Gasteiger partial charge in [-0.05, 0) is 137 Å². The Morgan fingerprint density at radius 3 is 2.16 bits per heavy atom. The SMILES string of the molecule is CC(C)(C)OC(=O)N1CC2(CC(C(CNC(=O)OCC3c4ccccc4-c4ccccc43)CN3CCC(c4ccc(Nc5nc(N6CCCCC6)cnc5C(N)=O)cc4)CC3)C2)C1. The van der Waals surface area contributed by atoms with Crippen molar-refractivity contribution >= 4 is 35.4 Å². The van der Waals surface area contributed by atoms with Crippen LogP contribution < -0.4 is 21.3 Å². The second-order valence-electron chi connectivity index (χ2n) is 19.6. The molecule has 1 aromatic heterocycles. The van der Waals surface area contributed by atoms with Crippen LogP contribution >= 0.6 is 0 Å². The van der Waals surface area contributed by atoms with E-state index in [2.05, 4.69) is 86.1 Å². The highest BCUT2D eigenvalue weighted by Gasteiger charge is 2.56. The number of alkyl carbamates (subject to hydrolysis) is 1. The summed E-state index contributed by atoms with van der Waals surface area (Å²) in [6, 6.07) is 25.2. The maximum Gasteiger partial charge on any atom is 0.410 e. The van der Waals surface area contributed by atoms with E-state index in [1.807, 2.05) is 37.8 Å². The molecular weight excluding hydrogens is 793 g/mol. The van der Waals surface area contributed by atoms with Gasteiger partial charge in [0.15, 0.2) is 11.5 Å². The topological polar surface area (TPSA) is 155 Å². The molecule has 1 unspecified atom stereocenters. The number of nitrogens with zero attached hydrogens (tertiary/aromatic N) is 5. The molecule has 3 aromatic carbocycles. The summed E-state index contributed by atoms with van der Waals surface area (Å²) in [6.45, 7) is 12.7. The molecule has 1 spiro atoms. The lowest BCUT2D eigenvalue weighted by molar-refractivity contribution is -0.110. The van der Waals surface area contributed by atoms with Gasteiger partial charge in [0, 0.05) is 56.3 Å². The number of anilines is 3. The molecule has 63 heavy (non-hydrogen) atoms. The minimum absolute atomic E-state index is 0.0103. The van der Waals surface area contributed by atoms with Gasteiger partial charge in [-0.1, -0.05) is 60.7 Å². The molecule has 9 rings (SSSR count). The fourth-order valence-corrected chi connectivity index (χ4v) is 10.8. The van der Waals surface area contributed by atoms with Gasteiger partial charge in [0.05, 0.1) is 6.20 Å². The molecule has 3 amide bonds. The van der Waals surface area contributed by atoms with Crippen LogP contribution in [0, 0.1) is 17.3 Å². The molecule has 3 saturated heterocycles. The van der Waals surface area contributed by atoms with Gasteiger partial charge in [-0.2, -0.15) is 0 Å². The van der Waals surface area contributed by atoms with E-state index >= 15 is 0 Å². The number of piperidine rings is 2. The molecule has 4 fully saturated rings. The highest BCUT2D eigenvalue weighted by atomic mass is 16.6. The van der Waals surface area contributed by atoms with E-state index in [0.29, 0.717) is 24.2 Å². The average Bonchev–Trinajstić information content (AvgIpc) is 3.57. The number of carbonyl (C=O) groups is 3. The van der Waals surface area contributed by atoms with Gasteiger partial charge >= 0.3 is 12.2 Å². The average molecular weight is 855 g/mol. The second-order valence-corrected chi connectivity index (χ2v) is 19.6. The van der Waals surface area contributed by atoms with Crippen LogP contribution in [0.1, 0.15) is 105 Å². The Morgan fingerprint density at radius 2 is 1.52 bits per heavy atom. The van der Waals surface area contributed by atoms with E-state index in [9.17, 15) is 14.4 Å². The molecule has 1 saturated carbocycles. The summed E-state index contributed by atoms with van der Waals surface area (Å²) in [7, 11) is 0. The predicted molar refractivity (Wildman–Crippen MR) is 244 cm³/mol. The van der Waals surface area contributed by atoms with Crippen molar-refractivity contribution in [3.63, 3.8) is 0 Å². The molecular formula is C50H62N8O5. The Bertz CT molecular complexity index is 2240. The van der Waals surface area contributed by atoms with Crippen LogP contribution in [-0.2, 0) is 9.47 Å². The summed E-state index contributed by atoms with van der Waals surface area (Å²) in [4.78, 5) is 54.2. The number of hydrogen-bond donors (Lipinski definition) is 3. The maximum atomic E-state index is 13.4. The minimum Gasteiger partial charge on any atom is -0.449 e. The van der Waals surface area contributed by atoms with Crippen molar-refractivity contribution in [3.05, 3.63) is 101 Å². The number of carbonyl (C=O) groups excluding carboxylic acids is 3. The highest BCUT2D eigenvalue weighted by Crippen LogP contribution is 2.55. The zero-order valence-electron chi connectivity index (χ0n) is 37.0. The molecule has 0 radical (unpaired) electrons. The number of nitrogens with one attached hydrogen (secondary N) is 2. The first kappa shape index (κ1) is 42.6. The quantitative estimate of drug-likeness (QED) is 0.127. The van der Waals surface area contributed by atoms with Crippen LogP contribution in [0.4, 0.5) is 26.9 Å². The Morgan fingerprint density at radius 1 is 0.873 bits per heavy atom. The van der Waals surface area contributed by atoms with E-state index in [1.165, 1.54) is 34.2 Å². The van der Waals surface area contributed by atoms with Gasteiger partial charge in [0.1, 0.15) is 18.0 Å². The minimum atomic E-state index is -0.612. The molecule has 4 N–H and O–H groups in total. The summed E-state index contributed by atoms with van der Waals surface area (Å²) in [6.07, 6.45) is 8.62. The molecule has 13 heteroatoms. The number of ether oxygens (including phenoxy) is 2. The van der Waals surface area contributed by atoms with Crippen molar-refractivity contribution < 1.29 is 23.9 Å². The van der Waals surface area contributed by atoms with Crippen LogP contribution in [0.25, 0.3) is 11.1 Å². The first-order chi connectivity index (χ1) is 30.4. The molecule has 0 bridgehead atoms. The van der Waals surface area contributed by atoms with E-state index in [1.54, 1.807) is 6.20 Å². The zero-order valence-corrected chi connectivity index (χ0v) is 37.0. The lowest BCUT2D eigenvalue weighted by atomic mass is 9.54. The van der Waals surface area contributed by atoms with Crippen LogP contribution in [0.2, 0.25) is 0 Å². The van der Waals surface area contributed by atoms with Crippen molar-refractivity contribution in [1.82, 2.24) is 25.1 Å². The number of likely N-dealkylation sites (tertiary alicyclic amines) is 2. The monoisotopic (exact) mass is 854 g/mol. The molecule has 4 heterocycles. The number of hydrogen-bond acceptors (Lipinski definition) is 10. The summed E-state index contributed by atoms with van der Waals surface area (Å²) in [5, 5.41) is 6.50. The predicted octanol–water partition coefficient (Wildman–Crippen LogP) is 8.29. The van der Waals surface area contributed by atoms with Crippen molar-refractivity contribution in [2.75, 3.05) is 69.2 Å². The van der Waals surface area contributed by atoms with Crippen LogP contribution in [0.15, 0.2) is 79.0 Å². The fourth-order valence-electron chi connectivity index (χ4n) is 10.8. The number of fused-ring (bicyclic) bond motifs is 3. The third kappa shape index (κ3) is 9.49. The smallest absolute Gasteiger partial charge is 0.410 e. The lowest BCUT2D eigenvalue weighted by Crippen LogP contribution is -2.65. The van der Waals surface area contributed by atoms with Gasteiger partial charge in [0.25, 0.3) is 5.91 Å². The Balaban J connectivity index is 0.804. The third-order valence-corrected chi connectivity index (χ3v) is 14.0. The third-order valence-electron chi connectivity index (χ3n) is 14.0. The van der Waals surface area contributed by atoms with Crippen molar-refractivity contribution in [2.24, 2.45) is 23.0 Å². The van der Waals surface area contributed by atoms with Gasteiger partial charge in [-0.15, -0.1) is 0 Å². The molecule has 332 valence electrons. The van der Waals surface area contributed by atoms with Crippen LogP contribution in [-0.4, -0.2) is 102 Å². The zero-order chi connectivity index (χ0) is 43.7. The van der Waals surface area contributed by atoms with E-state index in [0.717, 1.165) is 95.8 Å². The lowest BCUT2D eigenvalue weighted by Gasteiger charge is -2.60. The van der Waals surface area contributed by atoms with E-state index < -0.39 is 11.5 Å². The number of aromatic nitrogens is 2. The molecule has 2 aliphatic carbocycles. The van der Waals surface area contributed by atoms with Gasteiger partial charge in [-0.3, -0.25) is 4.79 Å². The highest BCUT2D eigenvalue weighted by molar-refractivity contribution is 5.96. The van der Waals surface area contributed by atoms with Gasteiger partial charge in [0.2, 0.25) is 0 Å². The Labute approximate surface area is 371 Å². The molecule has 5 aliphatic rings. The van der Waals surface area contributed by atoms with E-state index in [-0.39, 0.29) is 41.7 Å². The van der Waals surface area contributed by atoms with Crippen molar-refractivity contribution in [1.29, 1.82) is 0 Å². The van der Waals surface area contributed by atoms with Crippen LogP contribution in [0.3, 0.4) is 0 Å². The summed E-state index contributed by atoms with van der Waals surface area (Å²) < 4.78 is 11.6. The van der Waals surface area contributed by atoms with Crippen molar-refractivity contribution in [2.45, 2.75) is 83.2 Å². The fraction of sp³-hybridized carbons (Fsp3) is 0.500. The Kier molecular flexibility index (Phi) is 12.1. The van der Waals surface area contributed by atoms with Crippen LogP contribution in [0.5, 0.6) is 0 Å². The Hall–Kier alpha value is -5.69. The van der Waals surface area contributed by atoms with Crippen molar-refractivity contribution in [3.8, 4) is 11.1 Å². The summed E-state index contributed by atoms with van der Waals surface area (Å²) in [5.74, 6) is 1.66. The summed E-state index contributed by atoms with van der Waals surface area (Å²) in [5.41, 5.74) is 12.4. The first-order valence-electron chi connectivity index (χ1n) is 23.0. The molecule has 13 nitrogen and oxygen atoms in total. The molecule has 1 atom stereocenters. The summed E-state index contributed by atoms with van der Waals surface area (Å²) >= 11 is 0. The standard InChI is InChI=1S/C50H62N8O5/c1-49(2,3)63-48(61)58-31-50(32-58)25-35(26-50)36(27-53-47(60)62-30-42-40-13-7-5-11-38(40)39-12-6-8-14-41(39)42)29-56-23-19-34(20-24-56)33-15-17-37(18-16-33)54-46-44(45(51)59)52-28-43(55-46)57-21-9-4-10-22-57/h5-8,11-18,28,34-36,42H,4,9-10,19-27,29-32H2,1-3H3,(H2,51,59)(H,53,60)(H,54,55). The number of amides is 3. The largest absolute Gasteiger partial charge is 0.449 e. The normalized spacial score (nSPS) is 19.3. The number of nitrogens with two attached hydrogens (primary N) is 1. The number of rotatable bonds is 12. The van der Waals surface area contributed by atoms with Gasteiger partial charge < -0.3 is 40.5 Å². The maximum absolute atomic E-state index is 13.4. The van der Waals surface area contributed by atoms with E-state index in [4.69, 9.17) is 20.2 Å². The number of primary amides is 1. The molecule has 4 aromatic rings. The molecule has 3 aliphatic heterocycles.